The molecule has 0 saturated heterocycles. The topological polar surface area (TPSA) is 21.6 Å². The highest BCUT2D eigenvalue weighted by Gasteiger charge is 2.08. The molecule has 132 valence electrons. The maximum absolute atomic E-state index is 5.22. The number of fused-ring (bicyclic) bond motifs is 1. The first-order chi connectivity index (χ1) is 13.2. The van der Waals surface area contributed by atoms with E-state index >= 15 is 0 Å². The number of aliphatic imine (C=N–C) groups is 1. The molecule has 4 rings (SSSR count). The van der Waals surface area contributed by atoms with E-state index in [9.17, 15) is 0 Å². The Kier molecular flexibility index (Phi) is 5.03. The Bertz CT molecular complexity index is 1100. The molecule has 0 aliphatic rings. The summed E-state index contributed by atoms with van der Waals surface area (Å²) in [6.07, 6.45) is 1.96. The second-order valence-corrected chi connectivity index (χ2v) is 7.13. The van der Waals surface area contributed by atoms with E-state index in [2.05, 4.69) is 76.6 Å². The maximum atomic E-state index is 5.22. The van der Waals surface area contributed by atoms with Gasteiger partial charge in [0, 0.05) is 16.3 Å². The van der Waals surface area contributed by atoms with Gasteiger partial charge in [-0.15, -0.1) is 0 Å². The van der Waals surface area contributed by atoms with Crippen LogP contribution in [0.3, 0.4) is 0 Å². The predicted molar refractivity (Wildman–Crippen MR) is 117 cm³/mol. The zero-order valence-corrected chi connectivity index (χ0v) is 16.5. The maximum Gasteiger partial charge on any atom is 0.119 e. The first-order valence-electron chi connectivity index (χ1n) is 8.70. The van der Waals surface area contributed by atoms with Crippen LogP contribution in [0.1, 0.15) is 5.56 Å². The Morgan fingerprint density at radius 2 is 1.56 bits per heavy atom. The average molecular weight is 416 g/mol. The van der Waals surface area contributed by atoms with E-state index in [1.807, 2.05) is 30.5 Å². The lowest BCUT2D eigenvalue weighted by Crippen LogP contribution is -1.91. The van der Waals surface area contributed by atoms with Gasteiger partial charge in [0.1, 0.15) is 5.75 Å². The lowest BCUT2D eigenvalue weighted by atomic mass is 9.95. The van der Waals surface area contributed by atoms with Gasteiger partial charge in [0.05, 0.1) is 12.8 Å². The Labute approximate surface area is 167 Å². The van der Waals surface area contributed by atoms with E-state index in [0.717, 1.165) is 21.5 Å². The number of benzene rings is 4. The Balaban J connectivity index is 1.84. The van der Waals surface area contributed by atoms with Gasteiger partial charge in [0.15, 0.2) is 0 Å². The quantitative estimate of drug-likeness (QED) is 0.327. The van der Waals surface area contributed by atoms with Crippen molar-refractivity contribution in [1.82, 2.24) is 0 Å². The van der Waals surface area contributed by atoms with E-state index < -0.39 is 0 Å². The summed E-state index contributed by atoms with van der Waals surface area (Å²) >= 11 is 3.51. The fourth-order valence-corrected chi connectivity index (χ4v) is 3.39. The van der Waals surface area contributed by atoms with Crippen molar-refractivity contribution >= 4 is 38.6 Å². The summed E-state index contributed by atoms with van der Waals surface area (Å²) < 4.78 is 6.29. The third kappa shape index (κ3) is 3.79. The van der Waals surface area contributed by atoms with Crippen LogP contribution in [0.5, 0.6) is 5.75 Å². The van der Waals surface area contributed by atoms with Gasteiger partial charge < -0.3 is 4.74 Å². The van der Waals surface area contributed by atoms with Crippen LogP contribution in [0.4, 0.5) is 5.69 Å². The molecule has 0 spiro atoms. The smallest absolute Gasteiger partial charge is 0.119 e. The van der Waals surface area contributed by atoms with Crippen molar-refractivity contribution in [3.8, 4) is 16.9 Å². The number of nitrogens with zero attached hydrogens (tertiary/aromatic N) is 1. The normalized spacial score (nSPS) is 11.2. The number of hydrogen-bond acceptors (Lipinski definition) is 2. The first-order valence-corrected chi connectivity index (χ1v) is 9.50. The standard InChI is InChI=1S/C24H18BrNO/c1-27-21-13-11-20(12-14-21)26-16-24-22-5-3-2-4-17(22)8-15-23(24)18-6-9-19(25)10-7-18/h2-16H,1H3. The molecule has 0 aliphatic heterocycles. The fraction of sp³-hybridized carbons (Fsp3) is 0.0417. The second-order valence-electron chi connectivity index (χ2n) is 6.21. The highest BCUT2D eigenvalue weighted by molar-refractivity contribution is 9.10. The summed E-state index contributed by atoms with van der Waals surface area (Å²) in [5.41, 5.74) is 4.34. The molecule has 0 heterocycles. The molecule has 3 heteroatoms. The van der Waals surface area contributed by atoms with Gasteiger partial charge in [-0.25, -0.2) is 0 Å². The van der Waals surface area contributed by atoms with Crippen molar-refractivity contribution in [3.05, 3.63) is 95.0 Å². The number of ether oxygens (including phenoxy) is 1. The minimum absolute atomic E-state index is 0.828. The van der Waals surface area contributed by atoms with Crippen LogP contribution in [0.15, 0.2) is 94.4 Å². The molecule has 0 N–H and O–H groups in total. The van der Waals surface area contributed by atoms with Crippen molar-refractivity contribution in [2.75, 3.05) is 7.11 Å². The molecule has 0 fully saturated rings. The Morgan fingerprint density at radius 1 is 0.815 bits per heavy atom. The number of methoxy groups -OCH3 is 1. The molecule has 0 radical (unpaired) electrons. The van der Waals surface area contributed by atoms with E-state index in [1.165, 1.54) is 21.9 Å². The van der Waals surface area contributed by atoms with Gasteiger partial charge in [-0.3, -0.25) is 4.99 Å². The third-order valence-corrected chi connectivity index (χ3v) is 5.07. The number of hydrogen-bond donors (Lipinski definition) is 0. The minimum Gasteiger partial charge on any atom is -0.497 e. The van der Waals surface area contributed by atoms with E-state index in [4.69, 9.17) is 9.73 Å². The van der Waals surface area contributed by atoms with Crippen molar-refractivity contribution in [2.45, 2.75) is 0 Å². The molecule has 0 aromatic heterocycles. The molecule has 0 unspecified atom stereocenters. The monoisotopic (exact) mass is 415 g/mol. The largest absolute Gasteiger partial charge is 0.497 e. The van der Waals surface area contributed by atoms with Crippen molar-refractivity contribution in [3.63, 3.8) is 0 Å². The predicted octanol–water partition coefficient (Wildman–Crippen LogP) is 7.03. The molecule has 0 aliphatic carbocycles. The van der Waals surface area contributed by atoms with Crippen LogP contribution in [0.2, 0.25) is 0 Å². The van der Waals surface area contributed by atoms with E-state index in [1.54, 1.807) is 7.11 Å². The van der Waals surface area contributed by atoms with Crippen molar-refractivity contribution in [2.24, 2.45) is 4.99 Å². The lowest BCUT2D eigenvalue weighted by Gasteiger charge is -2.10. The Hall–Kier alpha value is -2.91. The van der Waals surface area contributed by atoms with Gasteiger partial charge in [0.2, 0.25) is 0 Å². The molecule has 0 amide bonds. The highest BCUT2D eigenvalue weighted by Crippen LogP contribution is 2.30. The van der Waals surface area contributed by atoms with Crippen LogP contribution in [-0.2, 0) is 0 Å². The summed E-state index contributed by atoms with van der Waals surface area (Å²) in [4.78, 5) is 4.72. The zero-order chi connectivity index (χ0) is 18.6. The van der Waals surface area contributed by atoms with E-state index in [0.29, 0.717) is 0 Å². The lowest BCUT2D eigenvalue weighted by molar-refractivity contribution is 0.415. The fourth-order valence-electron chi connectivity index (χ4n) is 3.12. The second kappa shape index (κ2) is 7.77. The first kappa shape index (κ1) is 17.5. The Morgan fingerprint density at radius 3 is 2.30 bits per heavy atom. The van der Waals surface area contributed by atoms with E-state index in [-0.39, 0.29) is 0 Å². The number of halogens is 1. The van der Waals surface area contributed by atoms with Gasteiger partial charge in [-0.05, 0) is 58.3 Å². The summed E-state index contributed by atoms with van der Waals surface area (Å²) in [5, 5.41) is 2.39. The molecule has 2 nitrogen and oxygen atoms in total. The van der Waals surface area contributed by atoms with Crippen molar-refractivity contribution in [1.29, 1.82) is 0 Å². The SMILES string of the molecule is COc1ccc(N=Cc2c(-c3ccc(Br)cc3)ccc3ccccc23)cc1. The third-order valence-electron chi connectivity index (χ3n) is 4.54. The molecule has 4 aromatic carbocycles. The molecule has 0 saturated carbocycles. The van der Waals surface area contributed by atoms with Crippen LogP contribution in [0, 0.1) is 0 Å². The molecule has 27 heavy (non-hydrogen) atoms. The van der Waals surface area contributed by atoms with Crippen LogP contribution < -0.4 is 4.74 Å². The number of rotatable bonds is 4. The highest BCUT2D eigenvalue weighted by atomic mass is 79.9. The molecule has 0 bridgehead atoms. The van der Waals surface area contributed by atoms with Crippen LogP contribution >= 0.6 is 15.9 Å². The summed E-state index contributed by atoms with van der Waals surface area (Å²) in [5.74, 6) is 0.828. The van der Waals surface area contributed by atoms with Gasteiger partial charge in [-0.1, -0.05) is 64.5 Å². The average Bonchev–Trinajstić information content (AvgIpc) is 2.73. The van der Waals surface area contributed by atoms with Crippen LogP contribution in [-0.4, -0.2) is 13.3 Å². The molecule has 0 atom stereocenters. The molecule has 4 aromatic rings. The van der Waals surface area contributed by atoms with Crippen LogP contribution in [0.25, 0.3) is 21.9 Å². The van der Waals surface area contributed by atoms with Gasteiger partial charge >= 0.3 is 0 Å². The molecular weight excluding hydrogens is 398 g/mol. The summed E-state index contributed by atoms with van der Waals surface area (Å²) in [6, 6.07) is 28.9. The summed E-state index contributed by atoms with van der Waals surface area (Å²) in [6.45, 7) is 0. The minimum atomic E-state index is 0.828. The molecular formula is C24H18BrNO. The zero-order valence-electron chi connectivity index (χ0n) is 14.9. The summed E-state index contributed by atoms with van der Waals surface area (Å²) in [7, 11) is 1.67. The van der Waals surface area contributed by atoms with Crippen molar-refractivity contribution < 1.29 is 4.74 Å². The van der Waals surface area contributed by atoms with Gasteiger partial charge in [0.25, 0.3) is 0 Å². The van der Waals surface area contributed by atoms with Gasteiger partial charge in [-0.2, -0.15) is 0 Å².